The summed E-state index contributed by atoms with van der Waals surface area (Å²) in [6.45, 7) is -0.162. The molecule has 0 bridgehead atoms. The van der Waals surface area contributed by atoms with Crippen LogP contribution >= 0.6 is 11.8 Å². The third-order valence-electron chi connectivity index (χ3n) is 3.25. The Labute approximate surface area is 153 Å². The molecule has 1 N–H and O–H groups in total. The van der Waals surface area contributed by atoms with Gasteiger partial charge in [0.1, 0.15) is 17.4 Å². The lowest BCUT2D eigenvalue weighted by molar-refractivity contribution is -0.145. The minimum atomic E-state index is -0.696. The largest absolute Gasteiger partial charge is 0.497 e. The van der Waals surface area contributed by atoms with Gasteiger partial charge >= 0.3 is 5.97 Å². The predicted octanol–water partition coefficient (Wildman–Crippen LogP) is 2.93. The lowest BCUT2D eigenvalue weighted by atomic mass is 10.2. The first-order valence-electron chi connectivity index (χ1n) is 7.61. The van der Waals surface area contributed by atoms with Gasteiger partial charge < -0.3 is 14.8 Å². The number of rotatable bonds is 8. The minimum Gasteiger partial charge on any atom is -0.497 e. The summed E-state index contributed by atoms with van der Waals surface area (Å²) in [5, 5.41) is 2.61. The number of carbonyl (C=O) groups excluding carboxylic acids is 2. The molecule has 0 aromatic heterocycles. The average molecular weight is 381 g/mol. The number of amides is 1. The summed E-state index contributed by atoms with van der Waals surface area (Å²) in [7, 11) is 1.56. The van der Waals surface area contributed by atoms with E-state index < -0.39 is 30.1 Å². The lowest BCUT2D eigenvalue weighted by Crippen LogP contribution is -2.28. The van der Waals surface area contributed by atoms with E-state index in [1.54, 1.807) is 31.4 Å². The molecule has 2 aromatic rings. The molecule has 0 saturated carbocycles. The zero-order chi connectivity index (χ0) is 18.9. The highest BCUT2D eigenvalue weighted by Gasteiger charge is 2.11. The monoisotopic (exact) mass is 381 g/mol. The van der Waals surface area contributed by atoms with Gasteiger partial charge in [0.05, 0.1) is 12.9 Å². The molecule has 2 aromatic carbocycles. The van der Waals surface area contributed by atoms with Gasteiger partial charge in [-0.1, -0.05) is 12.1 Å². The van der Waals surface area contributed by atoms with Gasteiger partial charge in [-0.15, -0.1) is 11.8 Å². The SMILES string of the molecule is COc1ccc(CNC(=O)COC(=O)CSc2cc(F)ccc2F)cc1. The van der Waals surface area contributed by atoms with Gasteiger partial charge in [0.2, 0.25) is 0 Å². The molecule has 0 fully saturated rings. The Morgan fingerprint density at radius 3 is 2.54 bits per heavy atom. The highest BCUT2D eigenvalue weighted by molar-refractivity contribution is 8.00. The van der Waals surface area contributed by atoms with Crippen LogP contribution in [0, 0.1) is 11.6 Å². The molecule has 26 heavy (non-hydrogen) atoms. The molecule has 0 spiro atoms. The van der Waals surface area contributed by atoms with Crippen LogP contribution in [0.2, 0.25) is 0 Å². The first-order valence-corrected chi connectivity index (χ1v) is 8.59. The summed E-state index contributed by atoms with van der Waals surface area (Å²) in [5.74, 6) is -1.90. The second-order valence-electron chi connectivity index (χ2n) is 5.15. The maximum Gasteiger partial charge on any atom is 0.316 e. The van der Waals surface area contributed by atoms with E-state index in [1.165, 1.54) is 0 Å². The molecule has 2 rings (SSSR count). The van der Waals surface area contributed by atoms with Crippen molar-refractivity contribution >= 4 is 23.6 Å². The number of ether oxygens (including phenoxy) is 2. The van der Waals surface area contributed by atoms with Crippen molar-refractivity contribution in [2.24, 2.45) is 0 Å². The van der Waals surface area contributed by atoms with Crippen LogP contribution in [0.4, 0.5) is 8.78 Å². The molecule has 0 atom stereocenters. The average Bonchev–Trinajstić information content (AvgIpc) is 2.65. The maximum absolute atomic E-state index is 13.4. The van der Waals surface area contributed by atoms with Crippen molar-refractivity contribution in [3.63, 3.8) is 0 Å². The van der Waals surface area contributed by atoms with E-state index in [4.69, 9.17) is 9.47 Å². The molecule has 0 heterocycles. The molecule has 0 saturated heterocycles. The van der Waals surface area contributed by atoms with Crippen LogP contribution in [0.25, 0.3) is 0 Å². The number of hydrogen-bond donors (Lipinski definition) is 1. The fraction of sp³-hybridized carbons (Fsp3) is 0.222. The first-order chi connectivity index (χ1) is 12.5. The van der Waals surface area contributed by atoms with E-state index in [0.717, 1.165) is 35.5 Å². The van der Waals surface area contributed by atoms with Crippen molar-refractivity contribution in [2.75, 3.05) is 19.5 Å². The van der Waals surface area contributed by atoms with Gasteiger partial charge in [-0.3, -0.25) is 9.59 Å². The maximum atomic E-state index is 13.4. The summed E-state index contributed by atoms with van der Waals surface area (Å²) in [5.41, 5.74) is 0.864. The van der Waals surface area contributed by atoms with E-state index in [2.05, 4.69) is 5.32 Å². The normalized spacial score (nSPS) is 10.3. The number of hydrogen-bond acceptors (Lipinski definition) is 5. The second-order valence-corrected chi connectivity index (χ2v) is 6.17. The van der Waals surface area contributed by atoms with Crippen molar-refractivity contribution in [3.05, 3.63) is 59.7 Å². The molecular formula is C18H17F2NO4S. The molecule has 0 unspecified atom stereocenters. The number of nitrogens with one attached hydrogen (secondary N) is 1. The standard InChI is InChI=1S/C18H17F2NO4S/c1-24-14-5-2-12(3-6-14)9-21-17(22)10-25-18(23)11-26-16-8-13(19)4-7-15(16)20/h2-8H,9-11H2,1H3,(H,21,22). The zero-order valence-corrected chi connectivity index (χ0v) is 14.8. The van der Waals surface area contributed by atoms with E-state index in [0.29, 0.717) is 5.75 Å². The van der Waals surface area contributed by atoms with Crippen LogP contribution in [-0.2, 0) is 20.9 Å². The Kier molecular flexibility index (Phi) is 7.40. The van der Waals surface area contributed by atoms with E-state index >= 15 is 0 Å². The van der Waals surface area contributed by atoms with Gasteiger partial charge in [-0.05, 0) is 35.9 Å². The Balaban J connectivity index is 1.69. The predicted molar refractivity (Wildman–Crippen MR) is 92.9 cm³/mol. The van der Waals surface area contributed by atoms with Crippen molar-refractivity contribution in [2.45, 2.75) is 11.4 Å². The number of esters is 1. The minimum absolute atomic E-state index is 0.00547. The molecule has 0 aliphatic carbocycles. The fourth-order valence-electron chi connectivity index (χ4n) is 1.91. The molecule has 0 aliphatic heterocycles. The van der Waals surface area contributed by atoms with E-state index in [1.807, 2.05) is 0 Å². The third kappa shape index (κ3) is 6.36. The van der Waals surface area contributed by atoms with Crippen LogP contribution in [0.1, 0.15) is 5.56 Å². The second kappa shape index (κ2) is 9.76. The van der Waals surface area contributed by atoms with Crippen LogP contribution in [0.3, 0.4) is 0 Å². The van der Waals surface area contributed by atoms with Crippen molar-refractivity contribution < 1.29 is 27.8 Å². The van der Waals surface area contributed by atoms with Crippen LogP contribution in [0.5, 0.6) is 5.75 Å². The topological polar surface area (TPSA) is 64.6 Å². The number of carbonyl (C=O) groups is 2. The fourth-order valence-corrected chi connectivity index (χ4v) is 2.67. The smallest absolute Gasteiger partial charge is 0.316 e. The van der Waals surface area contributed by atoms with Crippen LogP contribution < -0.4 is 10.1 Å². The Morgan fingerprint density at radius 2 is 1.85 bits per heavy atom. The number of halogens is 2. The van der Waals surface area contributed by atoms with Crippen LogP contribution in [-0.4, -0.2) is 31.3 Å². The molecule has 5 nitrogen and oxygen atoms in total. The van der Waals surface area contributed by atoms with Gasteiger partial charge in [0, 0.05) is 11.4 Å². The Morgan fingerprint density at radius 1 is 1.12 bits per heavy atom. The van der Waals surface area contributed by atoms with E-state index in [9.17, 15) is 18.4 Å². The third-order valence-corrected chi connectivity index (χ3v) is 4.26. The highest BCUT2D eigenvalue weighted by atomic mass is 32.2. The molecule has 138 valence electrons. The number of thioether (sulfide) groups is 1. The number of benzene rings is 2. The van der Waals surface area contributed by atoms with Gasteiger partial charge in [0.25, 0.3) is 5.91 Å². The zero-order valence-electron chi connectivity index (χ0n) is 14.0. The lowest BCUT2D eigenvalue weighted by Gasteiger charge is -2.08. The molecule has 1 amide bonds. The first kappa shape index (κ1) is 19.7. The van der Waals surface area contributed by atoms with Crippen molar-refractivity contribution in [1.29, 1.82) is 0 Å². The van der Waals surface area contributed by atoms with Gasteiger partial charge in [-0.25, -0.2) is 8.78 Å². The van der Waals surface area contributed by atoms with Gasteiger partial charge in [0.15, 0.2) is 6.61 Å². The summed E-state index contributed by atoms with van der Waals surface area (Å²) in [4.78, 5) is 23.3. The molecular weight excluding hydrogens is 364 g/mol. The molecule has 0 aliphatic rings. The molecule has 0 radical (unpaired) electrons. The summed E-state index contributed by atoms with van der Waals surface area (Å²) < 4.78 is 36.3. The highest BCUT2D eigenvalue weighted by Crippen LogP contribution is 2.22. The van der Waals surface area contributed by atoms with Crippen LogP contribution in [0.15, 0.2) is 47.4 Å². The van der Waals surface area contributed by atoms with E-state index in [-0.39, 0.29) is 17.2 Å². The summed E-state index contributed by atoms with van der Waals surface area (Å²) in [6, 6.07) is 10.1. The molecule has 8 heteroatoms. The summed E-state index contributed by atoms with van der Waals surface area (Å²) in [6.07, 6.45) is 0. The Hall–Kier alpha value is -2.61. The van der Waals surface area contributed by atoms with Gasteiger partial charge in [-0.2, -0.15) is 0 Å². The van der Waals surface area contributed by atoms with Crippen molar-refractivity contribution in [3.8, 4) is 5.75 Å². The summed E-state index contributed by atoms with van der Waals surface area (Å²) >= 11 is 0.802. The quantitative estimate of drug-likeness (QED) is 0.563. The Bertz CT molecular complexity index is 768. The van der Waals surface area contributed by atoms with Crippen molar-refractivity contribution in [1.82, 2.24) is 5.32 Å². The number of methoxy groups -OCH3 is 1.